The molecule has 45 heavy (non-hydrogen) atoms. The number of aliphatic hydroxyl groups excluding tert-OH is 1. The molecule has 2 atom stereocenters. The predicted octanol–water partition coefficient (Wildman–Crippen LogP) is 3.87. The molecule has 246 valence electrons. The van der Waals surface area contributed by atoms with Gasteiger partial charge in [-0.25, -0.2) is 8.42 Å². The summed E-state index contributed by atoms with van der Waals surface area (Å²) in [6.45, 7) is 3.44. The third-order valence-electron chi connectivity index (χ3n) is 9.15. The highest BCUT2D eigenvalue weighted by molar-refractivity contribution is 7.89. The van der Waals surface area contributed by atoms with Gasteiger partial charge in [0.05, 0.1) is 25.2 Å². The molecule has 1 aliphatic carbocycles. The number of piperazine rings is 1. The number of amides is 1. The summed E-state index contributed by atoms with van der Waals surface area (Å²) in [4.78, 5) is 18.1. The third kappa shape index (κ3) is 8.86. The fraction of sp³-hybridized carbons (Fsp3) is 0.559. The first kappa shape index (κ1) is 33.4. The minimum Gasteiger partial charge on any atom is -0.497 e. The lowest BCUT2D eigenvalue weighted by Gasteiger charge is -2.38. The van der Waals surface area contributed by atoms with Crippen molar-refractivity contribution < 1.29 is 32.5 Å². The van der Waals surface area contributed by atoms with Crippen LogP contribution in [0, 0.1) is 11.8 Å². The van der Waals surface area contributed by atoms with Gasteiger partial charge in [-0.2, -0.15) is 4.31 Å². The van der Waals surface area contributed by atoms with E-state index < -0.39 is 16.3 Å². The van der Waals surface area contributed by atoms with Crippen molar-refractivity contribution in [2.45, 2.75) is 56.3 Å². The molecule has 1 saturated carbocycles. The number of aliphatic hydroxyl groups is 1. The van der Waals surface area contributed by atoms with Crippen LogP contribution >= 0.6 is 0 Å². The van der Waals surface area contributed by atoms with Crippen LogP contribution in [0.4, 0.5) is 0 Å². The van der Waals surface area contributed by atoms with Crippen molar-refractivity contribution in [1.29, 1.82) is 0 Å². The minimum absolute atomic E-state index is 0.0409. The molecule has 2 aromatic carbocycles. The number of nitrogens with zero attached hydrogens (tertiary/aromatic N) is 3. The maximum atomic E-state index is 13.7. The Balaban J connectivity index is 1.21. The van der Waals surface area contributed by atoms with Crippen molar-refractivity contribution in [3.63, 3.8) is 0 Å². The van der Waals surface area contributed by atoms with Gasteiger partial charge >= 0.3 is 0 Å². The second kappa shape index (κ2) is 16.0. The lowest BCUT2D eigenvalue weighted by molar-refractivity contribution is -0.158. The number of rotatable bonds is 13. The Morgan fingerprint density at radius 3 is 2.36 bits per heavy atom. The SMILES string of the molecule is COc1ccc(S(=O)(=O)N(CCO)CCO[C@H]2C[C@@H](C3CCCCC3)C=C(C(=O)N3CCN(Cc4ccccc4)CC3)O2)cc1. The van der Waals surface area contributed by atoms with Crippen molar-refractivity contribution in [2.24, 2.45) is 11.8 Å². The molecule has 2 aliphatic heterocycles. The Labute approximate surface area is 267 Å². The van der Waals surface area contributed by atoms with E-state index in [1.807, 2.05) is 29.2 Å². The maximum absolute atomic E-state index is 13.7. The number of allylic oxidation sites excluding steroid dienone is 1. The Bertz CT molecular complexity index is 1360. The number of hydrogen-bond donors (Lipinski definition) is 1. The zero-order valence-electron chi connectivity index (χ0n) is 26.3. The average molecular weight is 642 g/mol. The van der Waals surface area contributed by atoms with Crippen LogP contribution in [-0.2, 0) is 30.8 Å². The van der Waals surface area contributed by atoms with E-state index in [2.05, 4.69) is 17.0 Å². The number of hydrogen-bond acceptors (Lipinski definition) is 8. The molecule has 0 spiro atoms. The molecule has 0 radical (unpaired) electrons. The van der Waals surface area contributed by atoms with Gasteiger partial charge in [0.15, 0.2) is 5.76 Å². The summed E-state index contributed by atoms with van der Waals surface area (Å²) in [5.74, 6) is 1.43. The Kier molecular flexibility index (Phi) is 11.9. The molecule has 1 saturated heterocycles. The van der Waals surface area contributed by atoms with E-state index in [0.29, 0.717) is 36.9 Å². The van der Waals surface area contributed by atoms with Crippen molar-refractivity contribution >= 4 is 15.9 Å². The molecule has 2 aromatic rings. The topological polar surface area (TPSA) is 109 Å². The fourth-order valence-electron chi connectivity index (χ4n) is 6.58. The zero-order chi connectivity index (χ0) is 31.6. The zero-order valence-corrected chi connectivity index (χ0v) is 27.1. The summed E-state index contributed by atoms with van der Waals surface area (Å²) in [5.41, 5.74) is 1.26. The predicted molar refractivity (Wildman–Crippen MR) is 171 cm³/mol. The van der Waals surface area contributed by atoms with Crippen LogP contribution in [0.15, 0.2) is 71.3 Å². The largest absolute Gasteiger partial charge is 0.497 e. The molecule has 0 aromatic heterocycles. The number of benzene rings is 2. The molecule has 2 heterocycles. The smallest absolute Gasteiger partial charge is 0.288 e. The average Bonchev–Trinajstić information content (AvgIpc) is 3.08. The monoisotopic (exact) mass is 641 g/mol. The fourth-order valence-corrected chi connectivity index (χ4v) is 8.00. The third-order valence-corrected chi connectivity index (χ3v) is 11.1. The summed E-state index contributed by atoms with van der Waals surface area (Å²) in [7, 11) is -2.34. The van der Waals surface area contributed by atoms with E-state index in [0.717, 1.165) is 32.5 Å². The number of carbonyl (C=O) groups is 1. The second-order valence-electron chi connectivity index (χ2n) is 12.1. The number of ether oxygens (including phenoxy) is 3. The maximum Gasteiger partial charge on any atom is 0.288 e. The molecule has 2 fully saturated rings. The van der Waals surface area contributed by atoms with E-state index in [4.69, 9.17) is 14.2 Å². The van der Waals surface area contributed by atoms with Crippen LogP contribution in [-0.4, -0.2) is 99.4 Å². The van der Waals surface area contributed by atoms with Gasteiger partial charge in [-0.1, -0.05) is 49.6 Å². The van der Waals surface area contributed by atoms with Crippen LogP contribution in [0.2, 0.25) is 0 Å². The molecule has 11 heteroatoms. The lowest BCUT2D eigenvalue weighted by atomic mass is 9.77. The van der Waals surface area contributed by atoms with Crippen LogP contribution < -0.4 is 4.74 Å². The van der Waals surface area contributed by atoms with Crippen LogP contribution in [0.3, 0.4) is 0 Å². The summed E-state index contributed by atoms with van der Waals surface area (Å²) < 4.78 is 45.4. The molecule has 3 aliphatic rings. The van der Waals surface area contributed by atoms with Gasteiger partial charge in [0.1, 0.15) is 5.75 Å². The molecule has 5 rings (SSSR count). The molecule has 10 nitrogen and oxygen atoms in total. The van der Waals surface area contributed by atoms with Gasteiger partial charge < -0.3 is 24.2 Å². The standard InChI is InChI=1S/C34H47N3O7S/c1-42-30-12-14-31(15-13-30)45(40,41)37(20-22-38)21-23-43-33-25-29(28-10-6-3-7-11-28)24-32(44-33)34(39)36-18-16-35(17-19-36)26-27-8-4-2-5-9-27/h2,4-5,8-9,12-15,24,28-29,33,38H,3,6-7,10-11,16-23,25-26H2,1H3/t29-,33+/m0/s1. The Hall–Kier alpha value is -2.96. The minimum atomic E-state index is -3.86. The van der Waals surface area contributed by atoms with Gasteiger partial charge in [-0.3, -0.25) is 9.69 Å². The molecule has 0 unspecified atom stereocenters. The molecule has 0 bridgehead atoms. The summed E-state index contributed by atoms with van der Waals surface area (Å²) in [6.07, 6.45) is 7.86. The van der Waals surface area contributed by atoms with Crippen molar-refractivity contribution in [1.82, 2.24) is 14.1 Å². The molecule has 1 N–H and O–H groups in total. The van der Waals surface area contributed by atoms with Crippen LogP contribution in [0.1, 0.15) is 44.1 Å². The van der Waals surface area contributed by atoms with E-state index in [9.17, 15) is 18.3 Å². The van der Waals surface area contributed by atoms with Crippen molar-refractivity contribution in [2.75, 3.05) is 59.6 Å². The van der Waals surface area contributed by atoms with Crippen LogP contribution in [0.5, 0.6) is 5.75 Å². The quantitative estimate of drug-likeness (QED) is 0.351. The molecule has 1 amide bonds. The van der Waals surface area contributed by atoms with Gasteiger partial charge in [-0.15, -0.1) is 0 Å². The van der Waals surface area contributed by atoms with Crippen molar-refractivity contribution in [3.05, 3.63) is 72.0 Å². The first-order valence-electron chi connectivity index (χ1n) is 16.2. The van der Waals surface area contributed by atoms with Crippen LogP contribution in [0.25, 0.3) is 0 Å². The highest BCUT2D eigenvalue weighted by Crippen LogP contribution is 2.37. The Morgan fingerprint density at radius 1 is 0.978 bits per heavy atom. The van der Waals surface area contributed by atoms with E-state index in [1.54, 1.807) is 12.1 Å². The second-order valence-corrected chi connectivity index (χ2v) is 14.0. The van der Waals surface area contributed by atoms with Gasteiger partial charge in [0, 0.05) is 52.2 Å². The summed E-state index contributed by atoms with van der Waals surface area (Å²) >= 11 is 0. The first-order chi connectivity index (χ1) is 21.9. The highest BCUT2D eigenvalue weighted by Gasteiger charge is 2.35. The van der Waals surface area contributed by atoms with Crippen molar-refractivity contribution in [3.8, 4) is 5.75 Å². The van der Waals surface area contributed by atoms with E-state index in [-0.39, 0.29) is 43.0 Å². The normalized spacial score (nSPS) is 21.8. The van der Waals surface area contributed by atoms with Gasteiger partial charge in [0.2, 0.25) is 16.3 Å². The number of sulfonamides is 1. The summed E-state index contributed by atoms with van der Waals surface area (Å²) in [5, 5.41) is 9.62. The van der Waals surface area contributed by atoms with E-state index >= 15 is 0 Å². The van der Waals surface area contributed by atoms with Gasteiger partial charge in [0.25, 0.3) is 5.91 Å². The molecular formula is C34H47N3O7S. The van der Waals surface area contributed by atoms with E-state index in [1.165, 1.54) is 48.4 Å². The summed E-state index contributed by atoms with van der Waals surface area (Å²) in [6, 6.07) is 16.5. The lowest BCUT2D eigenvalue weighted by Crippen LogP contribution is -2.49. The number of methoxy groups -OCH3 is 1. The molecular weight excluding hydrogens is 594 g/mol. The number of carbonyl (C=O) groups excluding carboxylic acids is 1. The highest BCUT2D eigenvalue weighted by atomic mass is 32.2. The van der Waals surface area contributed by atoms with Gasteiger partial charge in [-0.05, 0) is 60.6 Å². The Morgan fingerprint density at radius 2 is 1.69 bits per heavy atom. The first-order valence-corrected chi connectivity index (χ1v) is 17.6.